The smallest absolute Gasteiger partial charge is 0.293 e. The molecule has 0 atom stereocenters. The molecule has 7 nitrogen and oxygen atoms in total. The zero-order valence-corrected chi connectivity index (χ0v) is 14.6. The lowest BCUT2D eigenvalue weighted by atomic mass is 10.1. The van der Waals surface area contributed by atoms with Crippen molar-refractivity contribution in [3.8, 4) is 0 Å². The molecular weight excluding hydrogens is 334 g/mol. The van der Waals surface area contributed by atoms with Gasteiger partial charge in [0, 0.05) is 24.7 Å². The van der Waals surface area contributed by atoms with Crippen molar-refractivity contribution in [2.75, 3.05) is 31.2 Å². The van der Waals surface area contributed by atoms with E-state index in [1.165, 1.54) is 17.8 Å². The van der Waals surface area contributed by atoms with Crippen molar-refractivity contribution >= 4 is 17.6 Å². The van der Waals surface area contributed by atoms with Crippen molar-refractivity contribution in [2.24, 2.45) is 5.16 Å². The fourth-order valence-corrected chi connectivity index (χ4v) is 2.73. The highest BCUT2D eigenvalue weighted by atomic mass is 16.6. The standard InChI is InChI=1S/C19H21N3O4/c1-15-2-4-16(5-3-15)14-26-20-13-17-6-7-18(19(12-17)22(23)24)21-8-10-25-11-9-21/h2-7,12-13H,8-11,14H2,1H3/b20-13-. The van der Waals surface area contributed by atoms with Crippen LogP contribution in [-0.4, -0.2) is 37.4 Å². The van der Waals surface area contributed by atoms with Gasteiger partial charge >= 0.3 is 0 Å². The zero-order valence-electron chi connectivity index (χ0n) is 14.6. The van der Waals surface area contributed by atoms with Gasteiger partial charge in [-0.3, -0.25) is 10.1 Å². The number of nitrogens with zero attached hydrogens (tertiary/aromatic N) is 3. The van der Waals surface area contributed by atoms with Crippen LogP contribution in [0.1, 0.15) is 16.7 Å². The van der Waals surface area contributed by atoms with Gasteiger partial charge in [-0.2, -0.15) is 0 Å². The Balaban J connectivity index is 1.66. The number of ether oxygens (including phenoxy) is 1. The average Bonchev–Trinajstić information content (AvgIpc) is 2.67. The molecule has 0 amide bonds. The molecule has 26 heavy (non-hydrogen) atoms. The molecule has 1 saturated heterocycles. The van der Waals surface area contributed by atoms with E-state index >= 15 is 0 Å². The van der Waals surface area contributed by atoms with Gasteiger partial charge in [-0.15, -0.1) is 0 Å². The summed E-state index contributed by atoms with van der Waals surface area (Å²) in [7, 11) is 0. The van der Waals surface area contributed by atoms with E-state index in [-0.39, 0.29) is 10.6 Å². The van der Waals surface area contributed by atoms with E-state index in [1.54, 1.807) is 12.1 Å². The van der Waals surface area contributed by atoms with Gasteiger partial charge in [0.15, 0.2) is 0 Å². The highest BCUT2D eigenvalue weighted by Gasteiger charge is 2.21. The quantitative estimate of drug-likeness (QED) is 0.451. The van der Waals surface area contributed by atoms with Crippen LogP contribution in [0.3, 0.4) is 0 Å². The highest BCUT2D eigenvalue weighted by Crippen LogP contribution is 2.29. The Kier molecular flexibility index (Phi) is 5.80. The van der Waals surface area contributed by atoms with Crippen molar-refractivity contribution in [3.05, 3.63) is 69.3 Å². The van der Waals surface area contributed by atoms with Crippen LogP contribution in [0.25, 0.3) is 0 Å². The number of aryl methyl sites for hydroxylation is 1. The van der Waals surface area contributed by atoms with Crippen LogP contribution in [0.4, 0.5) is 11.4 Å². The first kappa shape index (κ1) is 17.9. The van der Waals surface area contributed by atoms with E-state index in [0.717, 1.165) is 5.56 Å². The second kappa shape index (κ2) is 8.44. The van der Waals surface area contributed by atoms with Crippen LogP contribution in [-0.2, 0) is 16.2 Å². The van der Waals surface area contributed by atoms with Gasteiger partial charge in [-0.05, 0) is 18.6 Å². The van der Waals surface area contributed by atoms with Crippen LogP contribution in [0.15, 0.2) is 47.6 Å². The molecule has 1 aliphatic heterocycles. The predicted molar refractivity (Wildman–Crippen MR) is 99.7 cm³/mol. The Morgan fingerprint density at radius 1 is 1.23 bits per heavy atom. The number of hydrogen-bond donors (Lipinski definition) is 0. The summed E-state index contributed by atoms with van der Waals surface area (Å²) in [6.45, 7) is 4.82. The number of benzene rings is 2. The minimum Gasteiger partial charge on any atom is -0.391 e. The van der Waals surface area contributed by atoms with E-state index in [0.29, 0.717) is 44.2 Å². The Hall–Kier alpha value is -2.93. The maximum atomic E-state index is 11.4. The van der Waals surface area contributed by atoms with Crippen molar-refractivity contribution in [2.45, 2.75) is 13.5 Å². The van der Waals surface area contributed by atoms with E-state index in [4.69, 9.17) is 9.57 Å². The van der Waals surface area contributed by atoms with Crippen LogP contribution < -0.4 is 4.90 Å². The maximum Gasteiger partial charge on any atom is 0.293 e. The minimum atomic E-state index is -0.366. The summed E-state index contributed by atoms with van der Waals surface area (Å²) in [5.74, 6) is 0. The SMILES string of the molecule is Cc1ccc(CO/N=C\c2ccc(N3CCOCC3)c([N+](=O)[O-])c2)cc1. The molecule has 0 unspecified atom stereocenters. The molecule has 0 radical (unpaired) electrons. The molecule has 3 rings (SSSR count). The normalized spacial score (nSPS) is 14.6. The number of oxime groups is 1. The lowest BCUT2D eigenvalue weighted by Crippen LogP contribution is -2.36. The largest absolute Gasteiger partial charge is 0.391 e. The van der Waals surface area contributed by atoms with E-state index in [2.05, 4.69) is 5.16 Å². The van der Waals surface area contributed by atoms with E-state index in [1.807, 2.05) is 36.1 Å². The number of nitro benzene ring substituents is 1. The van der Waals surface area contributed by atoms with Gasteiger partial charge < -0.3 is 14.5 Å². The molecule has 0 aliphatic carbocycles. The first-order chi connectivity index (χ1) is 12.6. The fourth-order valence-electron chi connectivity index (χ4n) is 2.73. The first-order valence-corrected chi connectivity index (χ1v) is 8.45. The van der Waals surface area contributed by atoms with Gasteiger partial charge in [0.1, 0.15) is 12.3 Å². The molecule has 2 aromatic carbocycles. The molecule has 7 heteroatoms. The molecule has 136 valence electrons. The summed E-state index contributed by atoms with van der Waals surface area (Å²) in [6.07, 6.45) is 1.49. The van der Waals surface area contributed by atoms with E-state index in [9.17, 15) is 10.1 Å². The number of rotatable bonds is 6. The molecule has 1 heterocycles. The molecule has 1 aliphatic rings. The predicted octanol–water partition coefficient (Wildman–Crippen LogP) is 3.29. The third-order valence-corrected chi connectivity index (χ3v) is 4.18. The van der Waals surface area contributed by atoms with Gasteiger partial charge in [-0.1, -0.05) is 41.1 Å². The summed E-state index contributed by atoms with van der Waals surface area (Å²) in [5.41, 5.74) is 3.49. The molecule has 0 saturated carbocycles. The molecule has 0 aromatic heterocycles. The van der Waals surface area contributed by atoms with Crippen molar-refractivity contribution < 1.29 is 14.5 Å². The molecule has 0 N–H and O–H groups in total. The summed E-state index contributed by atoms with van der Waals surface area (Å²) in [5, 5.41) is 15.4. The van der Waals surface area contributed by atoms with E-state index < -0.39 is 0 Å². The Labute approximate surface area is 152 Å². The fraction of sp³-hybridized carbons (Fsp3) is 0.316. The van der Waals surface area contributed by atoms with Gasteiger partial charge in [0.2, 0.25) is 0 Å². The highest BCUT2D eigenvalue weighted by molar-refractivity contribution is 5.82. The van der Waals surface area contributed by atoms with Crippen LogP contribution in [0.5, 0.6) is 0 Å². The van der Waals surface area contributed by atoms with Crippen molar-refractivity contribution in [1.29, 1.82) is 0 Å². The number of hydrogen-bond acceptors (Lipinski definition) is 6. The van der Waals surface area contributed by atoms with Crippen LogP contribution >= 0.6 is 0 Å². The molecular formula is C19H21N3O4. The van der Waals surface area contributed by atoms with Crippen molar-refractivity contribution in [1.82, 2.24) is 0 Å². The van der Waals surface area contributed by atoms with Crippen molar-refractivity contribution in [3.63, 3.8) is 0 Å². The second-order valence-corrected chi connectivity index (χ2v) is 6.10. The second-order valence-electron chi connectivity index (χ2n) is 6.10. The molecule has 2 aromatic rings. The molecule has 0 bridgehead atoms. The van der Waals surface area contributed by atoms with Gasteiger partial charge in [0.05, 0.1) is 24.4 Å². The summed E-state index contributed by atoms with van der Waals surface area (Å²) in [4.78, 5) is 18.3. The third-order valence-electron chi connectivity index (χ3n) is 4.18. The number of morpholine rings is 1. The Morgan fingerprint density at radius 3 is 2.65 bits per heavy atom. The Morgan fingerprint density at radius 2 is 1.96 bits per heavy atom. The lowest BCUT2D eigenvalue weighted by molar-refractivity contribution is -0.384. The number of anilines is 1. The lowest BCUT2D eigenvalue weighted by Gasteiger charge is -2.28. The van der Waals surface area contributed by atoms with Crippen LogP contribution in [0.2, 0.25) is 0 Å². The van der Waals surface area contributed by atoms with Crippen LogP contribution in [0, 0.1) is 17.0 Å². The molecule has 1 fully saturated rings. The monoisotopic (exact) mass is 355 g/mol. The minimum absolute atomic E-state index is 0.0642. The van der Waals surface area contributed by atoms with Gasteiger partial charge in [-0.25, -0.2) is 0 Å². The summed E-state index contributed by atoms with van der Waals surface area (Å²) in [6, 6.07) is 13.1. The van der Waals surface area contributed by atoms with Gasteiger partial charge in [0.25, 0.3) is 5.69 Å². The number of nitro groups is 1. The molecule has 0 spiro atoms. The topological polar surface area (TPSA) is 77.2 Å². The Bertz CT molecular complexity index is 784. The summed E-state index contributed by atoms with van der Waals surface area (Å²) >= 11 is 0. The average molecular weight is 355 g/mol. The maximum absolute atomic E-state index is 11.4. The first-order valence-electron chi connectivity index (χ1n) is 8.45. The summed E-state index contributed by atoms with van der Waals surface area (Å²) < 4.78 is 5.30. The zero-order chi connectivity index (χ0) is 18.4. The third kappa shape index (κ3) is 4.58.